The molecule has 0 spiro atoms. The minimum absolute atomic E-state index is 0.885. The molecule has 2 nitrogen and oxygen atoms in total. The fourth-order valence-electron chi connectivity index (χ4n) is 7.64. The van der Waals surface area contributed by atoms with Crippen LogP contribution in [0.1, 0.15) is 0 Å². The largest absolute Gasteiger partial charge is 0.456 e. The minimum atomic E-state index is 0.885. The van der Waals surface area contributed by atoms with Gasteiger partial charge in [-0.2, -0.15) is 0 Å². The first-order chi connectivity index (χ1) is 24.8. The van der Waals surface area contributed by atoms with Crippen LogP contribution in [0.5, 0.6) is 0 Å². The van der Waals surface area contributed by atoms with Crippen LogP contribution < -0.4 is 4.90 Å². The van der Waals surface area contributed by atoms with Gasteiger partial charge < -0.3 is 9.32 Å². The van der Waals surface area contributed by atoms with Crippen molar-refractivity contribution in [2.75, 3.05) is 4.90 Å². The fraction of sp³-hybridized carbons (Fsp3) is 0. The fourth-order valence-corrected chi connectivity index (χ4v) is 7.64. The molecular formula is C48H31NO. The van der Waals surface area contributed by atoms with E-state index in [1.54, 1.807) is 0 Å². The summed E-state index contributed by atoms with van der Waals surface area (Å²) in [6.07, 6.45) is 0. The number of fused-ring (bicyclic) bond motifs is 8. The SMILES string of the molecule is c1ccc(-c2ccc(N(c3ccc4ccc5c6ccccc6ccc5c4c3)c3ccc4oc5ccccc5c4c3)cc2-c2ccccc2)cc1. The number of nitrogens with zero attached hydrogens (tertiary/aromatic N) is 1. The van der Waals surface area contributed by atoms with E-state index in [9.17, 15) is 0 Å². The molecule has 10 aromatic rings. The molecule has 1 aromatic heterocycles. The normalized spacial score (nSPS) is 11.6. The number of anilines is 3. The Balaban J connectivity index is 1.24. The topological polar surface area (TPSA) is 16.4 Å². The molecule has 0 aliphatic heterocycles. The Labute approximate surface area is 290 Å². The average molecular weight is 638 g/mol. The molecule has 10 rings (SSSR count). The first-order valence-corrected chi connectivity index (χ1v) is 17.1. The number of benzene rings is 9. The molecule has 9 aromatic carbocycles. The van der Waals surface area contributed by atoms with Crippen molar-refractivity contribution in [1.29, 1.82) is 0 Å². The predicted molar refractivity (Wildman–Crippen MR) is 212 cm³/mol. The number of hydrogen-bond acceptors (Lipinski definition) is 2. The Morgan fingerprint density at radius 2 is 0.820 bits per heavy atom. The van der Waals surface area contributed by atoms with Gasteiger partial charge in [-0.3, -0.25) is 0 Å². The Kier molecular flexibility index (Phi) is 6.53. The number of rotatable bonds is 5. The molecular weight excluding hydrogens is 607 g/mol. The Bertz CT molecular complexity index is 2870. The molecule has 0 aliphatic carbocycles. The van der Waals surface area contributed by atoms with Gasteiger partial charge in [-0.1, -0.05) is 140 Å². The zero-order chi connectivity index (χ0) is 33.0. The summed E-state index contributed by atoms with van der Waals surface area (Å²) in [4.78, 5) is 2.39. The van der Waals surface area contributed by atoms with E-state index in [-0.39, 0.29) is 0 Å². The van der Waals surface area contributed by atoms with Crippen LogP contribution in [0.15, 0.2) is 192 Å². The zero-order valence-corrected chi connectivity index (χ0v) is 27.3. The van der Waals surface area contributed by atoms with Crippen LogP contribution in [0.3, 0.4) is 0 Å². The highest BCUT2D eigenvalue weighted by atomic mass is 16.3. The third kappa shape index (κ3) is 4.65. The molecule has 0 saturated carbocycles. The van der Waals surface area contributed by atoms with Crippen molar-refractivity contribution < 1.29 is 4.42 Å². The molecule has 0 unspecified atom stereocenters. The molecule has 0 amide bonds. The highest BCUT2D eigenvalue weighted by Gasteiger charge is 2.19. The highest BCUT2D eigenvalue weighted by molar-refractivity contribution is 6.18. The van der Waals surface area contributed by atoms with Gasteiger partial charge in [0.25, 0.3) is 0 Å². The smallest absolute Gasteiger partial charge is 0.135 e. The van der Waals surface area contributed by atoms with E-state index < -0.39 is 0 Å². The van der Waals surface area contributed by atoms with E-state index in [1.165, 1.54) is 54.6 Å². The molecule has 0 fully saturated rings. The maximum absolute atomic E-state index is 6.26. The van der Waals surface area contributed by atoms with Crippen LogP contribution in [0.4, 0.5) is 17.1 Å². The number of para-hydroxylation sites is 1. The van der Waals surface area contributed by atoms with E-state index in [0.29, 0.717) is 0 Å². The van der Waals surface area contributed by atoms with Crippen molar-refractivity contribution in [3.8, 4) is 22.3 Å². The molecule has 50 heavy (non-hydrogen) atoms. The summed E-state index contributed by atoms with van der Waals surface area (Å²) in [5.41, 5.74) is 9.80. The van der Waals surface area contributed by atoms with Gasteiger partial charge in [0.15, 0.2) is 0 Å². The van der Waals surface area contributed by atoms with Gasteiger partial charge >= 0.3 is 0 Å². The second kappa shape index (κ2) is 11.5. The zero-order valence-electron chi connectivity index (χ0n) is 27.3. The molecule has 2 heteroatoms. The molecule has 0 saturated heterocycles. The maximum Gasteiger partial charge on any atom is 0.135 e. The van der Waals surface area contributed by atoms with E-state index in [0.717, 1.165) is 39.0 Å². The summed E-state index contributed by atoms with van der Waals surface area (Å²) in [6.45, 7) is 0. The summed E-state index contributed by atoms with van der Waals surface area (Å²) >= 11 is 0. The van der Waals surface area contributed by atoms with Gasteiger partial charge in [0.05, 0.1) is 0 Å². The van der Waals surface area contributed by atoms with Crippen molar-refractivity contribution in [2.24, 2.45) is 0 Å². The lowest BCUT2D eigenvalue weighted by molar-refractivity contribution is 0.669. The average Bonchev–Trinajstić information content (AvgIpc) is 3.56. The highest BCUT2D eigenvalue weighted by Crippen LogP contribution is 2.44. The van der Waals surface area contributed by atoms with Crippen LogP contribution in [-0.4, -0.2) is 0 Å². The van der Waals surface area contributed by atoms with Crippen LogP contribution in [0, 0.1) is 0 Å². The maximum atomic E-state index is 6.26. The Hall–Kier alpha value is -6.64. The van der Waals surface area contributed by atoms with Gasteiger partial charge in [0, 0.05) is 27.8 Å². The lowest BCUT2D eigenvalue weighted by Crippen LogP contribution is -2.10. The van der Waals surface area contributed by atoms with Crippen molar-refractivity contribution in [3.05, 3.63) is 188 Å². The van der Waals surface area contributed by atoms with Crippen LogP contribution in [0.25, 0.3) is 76.5 Å². The predicted octanol–water partition coefficient (Wildman–Crippen LogP) is 13.8. The summed E-state index contributed by atoms with van der Waals surface area (Å²) in [7, 11) is 0. The third-order valence-electron chi connectivity index (χ3n) is 10.0. The summed E-state index contributed by atoms with van der Waals surface area (Å²) < 4.78 is 6.26. The summed E-state index contributed by atoms with van der Waals surface area (Å²) in [5.74, 6) is 0. The van der Waals surface area contributed by atoms with Crippen LogP contribution in [-0.2, 0) is 0 Å². The molecule has 0 atom stereocenters. The number of furan rings is 1. The minimum Gasteiger partial charge on any atom is -0.456 e. The molecule has 0 radical (unpaired) electrons. The molecule has 234 valence electrons. The van der Waals surface area contributed by atoms with E-state index in [1.807, 2.05) is 12.1 Å². The molecule has 0 N–H and O–H groups in total. The first-order valence-electron chi connectivity index (χ1n) is 17.1. The summed E-state index contributed by atoms with van der Waals surface area (Å²) in [6, 6.07) is 67.7. The standard InChI is InChI=1S/C48H31NO/c1-3-11-32(12-4-1)40-27-23-37(29-44(40)33-13-5-2-6-14-33)49(38-24-28-48-46(31-38)43-17-9-10-18-47(43)50-48)36-22-19-35-21-25-41-39-16-8-7-15-34(39)20-26-42(41)45(35)30-36/h1-31H. The van der Waals surface area contributed by atoms with Crippen LogP contribution in [0.2, 0.25) is 0 Å². The Morgan fingerprint density at radius 3 is 1.60 bits per heavy atom. The molecule has 0 bridgehead atoms. The molecule has 0 aliphatic rings. The van der Waals surface area contributed by atoms with E-state index in [4.69, 9.17) is 4.42 Å². The van der Waals surface area contributed by atoms with Crippen LogP contribution >= 0.6 is 0 Å². The van der Waals surface area contributed by atoms with E-state index >= 15 is 0 Å². The quantitative estimate of drug-likeness (QED) is 0.175. The van der Waals surface area contributed by atoms with Gasteiger partial charge in [0.1, 0.15) is 11.2 Å². The Morgan fingerprint density at radius 1 is 0.300 bits per heavy atom. The van der Waals surface area contributed by atoms with Crippen molar-refractivity contribution >= 4 is 71.3 Å². The van der Waals surface area contributed by atoms with Crippen molar-refractivity contribution in [1.82, 2.24) is 0 Å². The van der Waals surface area contributed by atoms with Crippen molar-refractivity contribution in [2.45, 2.75) is 0 Å². The van der Waals surface area contributed by atoms with E-state index in [2.05, 4.69) is 181 Å². The van der Waals surface area contributed by atoms with Gasteiger partial charge in [-0.05, 0) is 103 Å². The third-order valence-corrected chi connectivity index (χ3v) is 10.0. The van der Waals surface area contributed by atoms with Gasteiger partial charge in [-0.15, -0.1) is 0 Å². The van der Waals surface area contributed by atoms with Gasteiger partial charge in [0.2, 0.25) is 0 Å². The molecule has 1 heterocycles. The first kappa shape index (κ1) is 28.4. The second-order valence-corrected chi connectivity index (χ2v) is 12.9. The number of hydrogen-bond donors (Lipinski definition) is 0. The second-order valence-electron chi connectivity index (χ2n) is 12.9. The lowest BCUT2D eigenvalue weighted by Gasteiger charge is -2.27. The van der Waals surface area contributed by atoms with Gasteiger partial charge in [-0.25, -0.2) is 0 Å². The summed E-state index contributed by atoms with van der Waals surface area (Å²) in [5, 5.41) is 9.72. The van der Waals surface area contributed by atoms with Crippen molar-refractivity contribution in [3.63, 3.8) is 0 Å². The monoisotopic (exact) mass is 637 g/mol. The lowest BCUT2D eigenvalue weighted by atomic mass is 9.93.